The van der Waals surface area contributed by atoms with Gasteiger partial charge in [0.1, 0.15) is 6.04 Å². The highest BCUT2D eigenvalue weighted by molar-refractivity contribution is 8.00. The van der Waals surface area contributed by atoms with Crippen molar-refractivity contribution in [3.8, 4) is 0 Å². The quantitative estimate of drug-likeness (QED) is 0.868. The molecule has 0 aliphatic rings. The van der Waals surface area contributed by atoms with E-state index in [-0.39, 0.29) is 5.75 Å². The van der Waals surface area contributed by atoms with Crippen LogP contribution in [-0.2, 0) is 4.79 Å². The van der Waals surface area contributed by atoms with Gasteiger partial charge in [-0.25, -0.2) is 0 Å². The summed E-state index contributed by atoms with van der Waals surface area (Å²) in [5.41, 5.74) is -1.09. The lowest BCUT2D eigenvalue weighted by molar-refractivity contribution is -0.180. The fraction of sp³-hybridized carbons (Fsp3) is 0.538. The van der Waals surface area contributed by atoms with Crippen molar-refractivity contribution in [2.24, 2.45) is 5.41 Å². The Morgan fingerprint density at radius 3 is 2.30 bits per heavy atom. The van der Waals surface area contributed by atoms with Crippen LogP contribution in [0.4, 0.5) is 13.2 Å². The van der Waals surface area contributed by atoms with Crippen LogP contribution in [0, 0.1) is 5.41 Å². The molecule has 1 unspecified atom stereocenters. The van der Waals surface area contributed by atoms with Gasteiger partial charge in [0, 0.05) is 17.3 Å². The minimum atomic E-state index is -4.46. The third-order valence-corrected chi connectivity index (χ3v) is 3.53. The first-order chi connectivity index (χ1) is 9.10. The molecular formula is C13H17F3N2OS. The highest BCUT2D eigenvalue weighted by atomic mass is 32.2. The van der Waals surface area contributed by atoms with Crippen molar-refractivity contribution in [1.82, 2.24) is 10.3 Å². The molecule has 0 fully saturated rings. The molecule has 112 valence electrons. The van der Waals surface area contributed by atoms with Crippen molar-refractivity contribution in [3.05, 3.63) is 24.5 Å². The standard InChI is InChI=1S/C13H17F3N2OS/c1-12(2,3)11(13(14,15)16)18-10(19)8-20-9-4-6-17-7-5-9/h4-7,11H,8H2,1-3H3,(H,18,19). The number of nitrogens with one attached hydrogen (secondary N) is 1. The Kier molecular flexibility index (Phi) is 5.44. The molecule has 0 aliphatic heterocycles. The number of alkyl halides is 3. The van der Waals surface area contributed by atoms with Crippen molar-refractivity contribution in [3.63, 3.8) is 0 Å². The molecule has 0 saturated heterocycles. The molecule has 1 aromatic heterocycles. The molecule has 0 aromatic carbocycles. The molecule has 1 atom stereocenters. The molecule has 1 N–H and O–H groups in total. The topological polar surface area (TPSA) is 42.0 Å². The first-order valence-corrected chi connectivity index (χ1v) is 6.98. The molecule has 1 heterocycles. The number of thioether (sulfide) groups is 1. The second-order valence-corrected chi connectivity index (χ2v) is 6.43. The SMILES string of the molecule is CC(C)(C)C(NC(=O)CSc1ccncc1)C(F)(F)F. The predicted octanol–water partition coefficient (Wildman–Crippen LogP) is 3.27. The second kappa shape index (κ2) is 6.47. The van der Waals surface area contributed by atoms with E-state index in [1.165, 1.54) is 32.5 Å². The first kappa shape index (κ1) is 16.8. The van der Waals surface area contributed by atoms with E-state index in [0.29, 0.717) is 0 Å². The average molecular weight is 306 g/mol. The van der Waals surface area contributed by atoms with E-state index in [1.54, 1.807) is 24.5 Å². The molecule has 0 spiro atoms. The third kappa shape index (κ3) is 5.40. The first-order valence-electron chi connectivity index (χ1n) is 5.99. The number of halogens is 3. The van der Waals surface area contributed by atoms with E-state index in [9.17, 15) is 18.0 Å². The summed E-state index contributed by atoms with van der Waals surface area (Å²) in [5.74, 6) is -0.698. The fourth-order valence-corrected chi connectivity index (χ4v) is 2.27. The van der Waals surface area contributed by atoms with E-state index >= 15 is 0 Å². The van der Waals surface area contributed by atoms with Gasteiger partial charge in [-0.1, -0.05) is 20.8 Å². The van der Waals surface area contributed by atoms with Crippen molar-refractivity contribution < 1.29 is 18.0 Å². The summed E-state index contributed by atoms with van der Waals surface area (Å²) < 4.78 is 38.7. The lowest BCUT2D eigenvalue weighted by atomic mass is 9.86. The zero-order chi connectivity index (χ0) is 15.4. The largest absolute Gasteiger partial charge is 0.409 e. The van der Waals surface area contributed by atoms with Crippen molar-refractivity contribution in [2.75, 3.05) is 5.75 Å². The molecular weight excluding hydrogens is 289 g/mol. The van der Waals surface area contributed by atoms with Crippen LogP contribution in [0.5, 0.6) is 0 Å². The zero-order valence-corrected chi connectivity index (χ0v) is 12.3. The van der Waals surface area contributed by atoms with Gasteiger partial charge in [0.15, 0.2) is 0 Å². The summed E-state index contributed by atoms with van der Waals surface area (Å²) in [4.78, 5) is 16.3. The molecule has 0 saturated carbocycles. The maximum Gasteiger partial charge on any atom is 0.409 e. The number of aromatic nitrogens is 1. The van der Waals surface area contributed by atoms with Crippen LogP contribution in [0.15, 0.2) is 29.4 Å². The van der Waals surface area contributed by atoms with Gasteiger partial charge in [-0.05, 0) is 17.5 Å². The Balaban J connectivity index is 2.59. The number of carbonyl (C=O) groups is 1. The Labute approximate surface area is 120 Å². The number of nitrogens with zero attached hydrogens (tertiary/aromatic N) is 1. The maximum absolute atomic E-state index is 12.9. The normalized spacial score (nSPS) is 13.9. The van der Waals surface area contributed by atoms with Crippen LogP contribution in [0.1, 0.15) is 20.8 Å². The smallest absolute Gasteiger partial charge is 0.343 e. The minimum absolute atomic E-state index is 0.0628. The van der Waals surface area contributed by atoms with Crippen LogP contribution < -0.4 is 5.32 Å². The number of rotatable bonds is 4. The predicted molar refractivity (Wildman–Crippen MR) is 72.4 cm³/mol. The van der Waals surface area contributed by atoms with Gasteiger partial charge in [0.2, 0.25) is 5.91 Å². The number of hydrogen-bond donors (Lipinski definition) is 1. The van der Waals surface area contributed by atoms with Crippen molar-refractivity contribution >= 4 is 17.7 Å². The maximum atomic E-state index is 12.9. The highest BCUT2D eigenvalue weighted by Gasteiger charge is 2.47. The fourth-order valence-electron chi connectivity index (χ4n) is 1.58. The summed E-state index contributed by atoms with van der Waals surface area (Å²) in [6.07, 6.45) is -1.34. The molecule has 1 amide bonds. The van der Waals surface area contributed by atoms with Gasteiger partial charge >= 0.3 is 6.18 Å². The molecule has 0 bridgehead atoms. The van der Waals surface area contributed by atoms with E-state index in [0.717, 1.165) is 4.90 Å². The molecule has 20 heavy (non-hydrogen) atoms. The van der Waals surface area contributed by atoms with Crippen LogP contribution in [0.2, 0.25) is 0 Å². The summed E-state index contributed by atoms with van der Waals surface area (Å²) in [6, 6.07) is 1.53. The van der Waals surface area contributed by atoms with Crippen LogP contribution >= 0.6 is 11.8 Å². The minimum Gasteiger partial charge on any atom is -0.343 e. The van der Waals surface area contributed by atoms with Crippen LogP contribution in [0.25, 0.3) is 0 Å². The lowest BCUT2D eigenvalue weighted by Crippen LogP contribution is -2.53. The zero-order valence-electron chi connectivity index (χ0n) is 11.5. The summed E-state index contributed by atoms with van der Waals surface area (Å²) >= 11 is 1.17. The molecule has 0 radical (unpaired) electrons. The lowest BCUT2D eigenvalue weighted by Gasteiger charge is -2.33. The number of pyridine rings is 1. The van der Waals surface area contributed by atoms with Gasteiger partial charge in [0.05, 0.1) is 5.75 Å². The van der Waals surface area contributed by atoms with E-state index in [1.807, 2.05) is 0 Å². The summed E-state index contributed by atoms with van der Waals surface area (Å²) in [5, 5.41) is 2.07. The highest BCUT2D eigenvalue weighted by Crippen LogP contribution is 2.33. The Hall–Kier alpha value is -1.24. The Morgan fingerprint density at radius 1 is 1.30 bits per heavy atom. The molecule has 7 heteroatoms. The van der Waals surface area contributed by atoms with E-state index < -0.39 is 23.5 Å². The Bertz CT molecular complexity index is 429. The van der Waals surface area contributed by atoms with Crippen molar-refractivity contribution in [1.29, 1.82) is 0 Å². The van der Waals surface area contributed by atoms with E-state index in [2.05, 4.69) is 10.3 Å². The second-order valence-electron chi connectivity index (χ2n) is 5.38. The third-order valence-electron chi connectivity index (χ3n) is 2.52. The summed E-state index contributed by atoms with van der Waals surface area (Å²) in [7, 11) is 0. The van der Waals surface area contributed by atoms with Crippen LogP contribution in [-0.4, -0.2) is 28.9 Å². The monoisotopic (exact) mass is 306 g/mol. The van der Waals surface area contributed by atoms with Gasteiger partial charge < -0.3 is 5.32 Å². The number of hydrogen-bond acceptors (Lipinski definition) is 3. The molecule has 1 aromatic rings. The van der Waals surface area contributed by atoms with Gasteiger partial charge in [-0.2, -0.15) is 13.2 Å². The van der Waals surface area contributed by atoms with E-state index in [4.69, 9.17) is 0 Å². The molecule has 1 rings (SSSR count). The molecule has 3 nitrogen and oxygen atoms in total. The summed E-state index contributed by atoms with van der Waals surface area (Å²) in [6.45, 7) is 4.34. The van der Waals surface area contributed by atoms with Crippen molar-refractivity contribution in [2.45, 2.75) is 37.9 Å². The average Bonchev–Trinajstić information content (AvgIpc) is 2.32. The van der Waals surface area contributed by atoms with Gasteiger partial charge in [-0.3, -0.25) is 9.78 Å². The Morgan fingerprint density at radius 2 is 1.85 bits per heavy atom. The molecule has 0 aliphatic carbocycles. The number of carbonyl (C=O) groups excluding carboxylic acids is 1. The van der Waals surface area contributed by atoms with Crippen LogP contribution in [0.3, 0.4) is 0 Å². The number of amides is 1. The van der Waals surface area contributed by atoms with Gasteiger partial charge in [0.25, 0.3) is 0 Å². The van der Waals surface area contributed by atoms with Gasteiger partial charge in [-0.15, -0.1) is 11.8 Å².